The summed E-state index contributed by atoms with van der Waals surface area (Å²) in [6, 6.07) is 7.62. The van der Waals surface area contributed by atoms with Crippen LogP contribution in [0.5, 0.6) is 0 Å². The van der Waals surface area contributed by atoms with E-state index in [1.807, 2.05) is 12.1 Å². The van der Waals surface area contributed by atoms with Crippen molar-refractivity contribution in [1.29, 1.82) is 0 Å². The average Bonchev–Trinajstić information content (AvgIpc) is 3.16. The lowest BCUT2D eigenvalue weighted by atomic mass is 9.82. The summed E-state index contributed by atoms with van der Waals surface area (Å²) in [6.45, 7) is 4.80. The van der Waals surface area contributed by atoms with Gasteiger partial charge >= 0.3 is 0 Å². The molecule has 2 aliphatic rings. The van der Waals surface area contributed by atoms with Crippen molar-refractivity contribution in [2.45, 2.75) is 63.6 Å². The van der Waals surface area contributed by atoms with E-state index in [0.29, 0.717) is 23.6 Å². The fourth-order valence-electron chi connectivity index (χ4n) is 4.28. The molecule has 1 saturated carbocycles. The third-order valence-corrected chi connectivity index (χ3v) is 5.84. The number of amides is 1. The van der Waals surface area contributed by atoms with Gasteiger partial charge in [-0.25, -0.2) is 9.67 Å². The van der Waals surface area contributed by atoms with E-state index in [9.17, 15) is 4.79 Å². The topological polar surface area (TPSA) is 95.1 Å². The van der Waals surface area contributed by atoms with Gasteiger partial charge in [-0.15, -0.1) is 0 Å². The average molecular weight is 383 g/mol. The minimum absolute atomic E-state index is 0.331. The van der Waals surface area contributed by atoms with Gasteiger partial charge in [-0.1, -0.05) is 25.5 Å². The van der Waals surface area contributed by atoms with Crippen LogP contribution in [-0.4, -0.2) is 46.0 Å². The zero-order valence-corrected chi connectivity index (χ0v) is 16.4. The summed E-state index contributed by atoms with van der Waals surface area (Å²) in [5.41, 5.74) is 6.75. The second-order valence-electron chi connectivity index (χ2n) is 7.79. The summed E-state index contributed by atoms with van der Waals surface area (Å²) >= 11 is 0. The summed E-state index contributed by atoms with van der Waals surface area (Å²) in [5, 5.41) is 8.42. The first-order valence-electron chi connectivity index (χ1n) is 10.4. The fraction of sp³-hybridized carbons (Fsp3) is 0.571. The second kappa shape index (κ2) is 8.41. The van der Waals surface area contributed by atoms with Crippen molar-refractivity contribution in [2.75, 3.05) is 13.2 Å². The number of morpholine rings is 1. The van der Waals surface area contributed by atoms with E-state index in [2.05, 4.69) is 16.9 Å². The van der Waals surface area contributed by atoms with E-state index in [0.717, 1.165) is 69.0 Å². The minimum atomic E-state index is -0.423. The Labute approximate surface area is 165 Å². The summed E-state index contributed by atoms with van der Waals surface area (Å²) in [6.07, 6.45) is 5.70. The summed E-state index contributed by atoms with van der Waals surface area (Å²) < 4.78 is 8.02. The van der Waals surface area contributed by atoms with Crippen LogP contribution in [-0.2, 0) is 11.3 Å². The number of nitrogens with one attached hydrogen (secondary N) is 1. The lowest BCUT2D eigenvalue weighted by molar-refractivity contribution is -0.0282. The quantitative estimate of drug-likeness (QED) is 0.799. The van der Waals surface area contributed by atoms with Crippen molar-refractivity contribution in [3.63, 3.8) is 0 Å². The minimum Gasteiger partial charge on any atom is -0.375 e. The van der Waals surface area contributed by atoms with E-state index in [1.165, 1.54) is 0 Å². The van der Waals surface area contributed by atoms with Crippen LogP contribution in [0.4, 0.5) is 0 Å². The van der Waals surface area contributed by atoms with Gasteiger partial charge in [0.2, 0.25) is 5.91 Å². The molecular formula is C21H29N5O2. The monoisotopic (exact) mass is 383 g/mol. The van der Waals surface area contributed by atoms with Crippen molar-refractivity contribution < 1.29 is 9.53 Å². The van der Waals surface area contributed by atoms with Gasteiger partial charge in [-0.3, -0.25) is 4.79 Å². The van der Waals surface area contributed by atoms with E-state index >= 15 is 0 Å². The highest BCUT2D eigenvalue weighted by molar-refractivity contribution is 5.93. The molecule has 0 bridgehead atoms. The number of fused-ring (bicyclic) bond motifs is 1. The number of carbonyl (C=O) groups is 1. The van der Waals surface area contributed by atoms with Gasteiger partial charge in [-0.05, 0) is 37.8 Å². The predicted octanol–water partition coefficient (Wildman–Crippen LogP) is 2.47. The van der Waals surface area contributed by atoms with E-state index in [-0.39, 0.29) is 0 Å². The third kappa shape index (κ3) is 3.95. The Morgan fingerprint density at radius 3 is 2.89 bits per heavy atom. The number of unbranched alkanes of at least 4 members (excludes halogenated alkanes) is 1. The van der Waals surface area contributed by atoms with E-state index < -0.39 is 5.91 Å². The van der Waals surface area contributed by atoms with Crippen LogP contribution in [0.25, 0.3) is 11.4 Å². The van der Waals surface area contributed by atoms with Crippen LogP contribution in [0.15, 0.2) is 24.3 Å². The molecular weight excluding hydrogens is 354 g/mol. The molecule has 7 nitrogen and oxygen atoms in total. The van der Waals surface area contributed by atoms with Gasteiger partial charge in [0.05, 0.1) is 12.7 Å². The number of rotatable bonds is 6. The number of nitrogens with zero attached hydrogens (tertiary/aromatic N) is 3. The molecule has 0 radical (unpaired) electrons. The molecule has 2 fully saturated rings. The number of hydrogen-bond acceptors (Lipinski definition) is 5. The maximum Gasteiger partial charge on any atom is 0.248 e. The lowest BCUT2D eigenvalue weighted by Gasteiger charge is -2.39. The molecule has 150 valence electrons. The van der Waals surface area contributed by atoms with E-state index in [4.69, 9.17) is 20.6 Å². The number of benzene rings is 1. The first kappa shape index (κ1) is 19.1. The lowest BCUT2D eigenvalue weighted by Crippen LogP contribution is -2.51. The molecule has 3 N–H and O–H groups in total. The molecule has 0 unspecified atom stereocenters. The number of primary amides is 1. The van der Waals surface area contributed by atoms with Gasteiger partial charge in [0.25, 0.3) is 0 Å². The molecule has 1 amide bonds. The molecule has 1 aromatic heterocycles. The van der Waals surface area contributed by atoms with Crippen molar-refractivity contribution in [3.05, 3.63) is 35.7 Å². The van der Waals surface area contributed by atoms with Crippen molar-refractivity contribution in [1.82, 2.24) is 20.1 Å². The molecule has 1 aromatic carbocycles. The molecule has 1 saturated heterocycles. The zero-order chi connectivity index (χ0) is 19.5. The fourth-order valence-corrected chi connectivity index (χ4v) is 4.28. The Morgan fingerprint density at radius 1 is 1.32 bits per heavy atom. The Bertz CT molecular complexity index is 817. The van der Waals surface area contributed by atoms with Crippen LogP contribution < -0.4 is 11.1 Å². The maximum atomic E-state index is 11.3. The van der Waals surface area contributed by atoms with Gasteiger partial charge < -0.3 is 15.8 Å². The van der Waals surface area contributed by atoms with Crippen LogP contribution in [0, 0.1) is 0 Å². The molecule has 4 rings (SSSR count). The largest absolute Gasteiger partial charge is 0.375 e. The second-order valence-corrected chi connectivity index (χ2v) is 7.79. The highest BCUT2D eigenvalue weighted by atomic mass is 16.5. The van der Waals surface area contributed by atoms with Crippen LogP contribution in [0.3, 0.4) is 0 Å². The molecule has 1 aliphatic carbocycles. The molecule has 2 aromatic rings. The van der Waals surface area contributed by atoms with Gasteiger partial charge in [0.1, 0.15) is 5.82 Å². The normalized spacial score (nSPS) is 24.7. The molecule has 1 aliphatic heterocycles. The SMILES string of the molecule is CCCCn1nc(-c2ccc(C(N)=O)cc2)nc1[C@H]1CC[C@H]2OCCN[C@@H]2C1. The van der Waals surface area contributed by atoms with E-state index in [1.54, 1.807) is 12.1 Å². The number of nitrogens with two attached hydrogens (primary N) is 1. The first-order valence-corrected chi connectivity index (χ1v) is 10.4. The summed E-state index contributed by atoms with van der Waals surface area (Å²) in [4.78, 5) is 16.3. The van der Waals surface area contributed by atoms with Crippen LogP contribution in [0.1, 0.15) is 61.1 Å². The maximum absolute atomic E-state index is 11.3. The molecule has 7 heteroatoms. The standard InChI is InChI=1S/C21H29N5O2/c1-2-3-11-26-21(16-8-9-18-17(13-16)23-10-12-28-18)24-20(25-26)15-6-4-14(5-7-15)19(22)27/h4-7,16-18,23H,2-3,8-13H2,1H3,(H2,22,27)/t16-,17+,18+/m0/s1. The smallest absolute Gasteiger partial charge is 0.248 e. The zero-order valence-electron chi connectivity index (χ0n) is 16.4. The Balaban J connectivity index is 1.59. The predicted molar refractivity (Wildman–Crippen MR) is 107 cm³/mol. The molecule has 0 spiro atoms. The van der Waals surface area contributed by atoms with Gasteiger partial charge in [0, 0.05) is 36.2 Å². The summed E-state index contributed by atoms with van der Waals surface area (Å²) in [5.74, 6) is 1.76. The third-order valence-electron chi connectivity index (χ3n) is 5.84. The van der Waals surface area contributed by atoms with Crippen molar-refractivity contribution in [3.8, 4) is 11.4 Å². The number of hydrogen-bond donors (Lipinski definition) is 2. The highest BCUT2D eigenvalue weighted by Gasteiger charge is 2.35. The molecule has 2 heterocycles. The molecule has 3 atom stereocenters. The number of ether oxygens (including phenoxy) is 1. The molecule has 28 heavy (non-hydrogen) atoms. The van der Waals surface area contributed by atoms with Gasteiger partial charge in [-0.2, -0.15) is 5.10 Å². The number of aromatic nitrogens is 3. The number of aryl methyl sites for hydroxylation is 1. The highest BCUT2D eigenvalue weighted by Crippen LogP contribution is 2.35. The van der Waals surface area contributed by atoms with Crippen molar-refractivity contribution in [2.24, 2.45) is 5.73 Å². The summed E-state index contributed by atoms with van der Waals surface area (Å²) in [7, 11) is 0. The Morgan fingerprint density at radius 2 is 2.14 bits per heavy atom. The van der Waals surface area contributed by atoms with Gasteiger partial charge in [0.15, 0.2) is 5.82 Å². The Hall–Kier alpha value is -2.25. The Kier molecular flexibility index (Phi) is 5.73. The van der Waals surface area contributed by atoms with Crippen LogP contribution >= 0.6 is 0 Å². The van der Waals surface area contributed by atoms with Crippen molar-refractivity contribution >= 4 is 5.91 Å². The first-order chi connectivity index (χ1) is 13.7. The van der Waals surface area contributed by atoms with Crippen LogP contribution in [0.2, 0.25) is 0 Å². The number of carbonyl (C=O) groups excluding carboxylic acids is 1.